The van der Waals surface area contributed by atoms with Crippen molar-refractivity contribution in [1.82, 2.24) is 20.2 Å². The van der Waals surface area contributed by atoms with Gasteiger partial charge in [0.05, 0.1) is 12.9 Å². The van der Waals surface area contributed by atoms with Gasteiger partial charge in [-0.3, -0.25) is 0 Å². The van der Waals surface area contributed by atoms with E-state index >= 15 is 0 Å². The van der Waals surface area contributed by atoms with Gasteiger partial charge in [0.1, 0.15) is 5.75 Å². The van der Waals surface area contributed by atoms with Gasteiger partial charge in [-0.25, -0.2) is 9.97 Å². The van der Waals surface area contributed by atoms with Crippen LogP contribution in [0.2, 0.25) is 0 Å². The van der Waals surface area contributed by atoms with Crippen molar-refractivity contribution >= 4 is 11.8 Å². The molecule has 0 amide bonds. The van der Waals surface area contributed by atoms with Gasteiger partial charge in [-0.2, -0.15) is 0 Å². The lowest BCUT2D eigenvalue weighted by Crippen LogP contribution is -1.85. The summed E-state index contributed by atoms with van der Waals surface area (Å²) < 4.78 is 10.7. The Morgan fingerprint density at radius 3 is 2.57 bits per heavy atom. The fourth-order valence-electron chi connectivity index (χ4n) is 1.65. The molecule has 3 rings (SSSR count). The Balaban J connectivity index is 1.68. The first kappa shape index (κ1) is 13.6. The lowest BCUT2D eigenvalue weighted by Gasteiger charge is -1.99. The van der Waals surface area contributed by atoms with E-state index in [1.165, 1.54) is 11.8 Å². The van der Waals surface area contributed by atoms with Crippen LogP contribution in [0.25, 0.3) is 11.5 Å². The van der Waals surface area contributed by atoms with Crippen LogP contribution in [0.4, 0.5) is 0 Å². The van der Waals surface area contributed by atoms with E-state index < -0.39 is 0 Å². The van der Waals surface area contributed by atoms with Crippen LogP contribution in [0.5, 0.6) is 5.75 Å². The molecule has 0 aliphatic carbocycles. The van der Waals surface area contributed by atoms with E-state index in [1.807, 2.05) is 24.3 Å². The van der Waals surface area contributed by atoms with Gasteiger partial charge in [-0.1, -0.05) is 11.8 Å². The van der Waals surface area contributed by atoms with Crippen molar-refractivity contribution in [3.8, 4) is 17.2 Å². The molecule has 0 aliphatic heterocycles. The lowest BCUT2D eigenvalue weighted by atomic mass is 10.2. The fraction of sp³-hybridized carbons (Fsp3) is 0.143. The summed E-state index contributed by atoms with van der Waals surface area (Å²) in [7, 11) is 1.63. The molecule has 7 heteroatoms. The Labute approximate surface area is 125 Å². The second-order valence-corrected chi connectivity index (χ2v) is 4.99. The van der Waals surface area contributed by atoms with Gasteiger partial charge in [0.15, 0.2) is 5.16 Å². The molecule has 6 nitrogen and oxygen atoms in total. The zero-order chi connectivity index (χ0) is 14.5. The molecule has 0 unspecified atom stereocenters. The molecular formula is C14H12N4O2S. The van der Waals surface area contributed by atoms with Crippen LogP contribution in [0.1, 0.15) is 5.89 Å². The van der Waals surface area contributed by atoms with Gasteiger partial charge in [-0.05, 0) is 30.3 Å². The van der Waals surface area contributed by atoms with E-state index in [4.69, 9.17) is 9.15 Å². The number of benzene rings is 1. The van der Waals surface area contributed by atoms with E-state index in [2.05, 4.69) is 20.2 Å². The van der Waals surface area contributed by atoms with Gasteiger partial charge >= 0.3 is 0 Å². The highest BCUT2D eigenvalue weighted by Gasteiger charge is 2.09. The van der Waals surface area contributed by atoms with Crippen molar-refractivity contribution in [3.05, 3.63) is 48.6 Å². The number of rotatable bonds is 5. The Morgan fingerprint density at radius 2 is 1.86 bits per heavy atom. The monoisotopic (exact) mass is 300 g/mol. The van der Waals surface area contributed by atoms with Crippen LogP contribution in [-0.4, -0.2) is 27.3 Å². The Morgan fingerprint density at radius 1 is 1.10 bits per heavy atom. The third-order valence-electron chi connectivity index (χ3n) is 2.67. The average Bonchev–Trinajstić information content (AvgIpc) is 3.03. The van der Waals surface area contributed by atoms with Crippen molar-refractivity contribution in [2.45, 2.75) is 10.9 Å². The minimum absolute atomic E-state index is 0.488. The quantitative estimate of drug-likeness (QED) is 0.530. The summed E-state index contributed by atoms with van der Waals surface area (Å²) in [6.45, 7) is 0. The van der Waals surface area contributed by atoms with Gasteiger partial charge in [-0.15, -0.1) is 10.2 Å². The molecule has 0 saturated carbocycles. The Bertz CT molecular complexity index is 701. The fourth-order valence-corrected chi connectivity index (χ4v) is 2.29. The first-order chi connectivity index (χ1) is 10.3. The van der Waals surface area contributed by atoms with Gasteiger partial charge in [0.25, 0.3) is 0 Å². The number of hydrogen-bond donors (Lipinski definition) is 0. The molecule has 2 heterocycles. The smallest absolute Gasteiger partial charge is 0.247 e. The maximum Gasteiger partial charge on any atom is 0.247 e. The van der Waals surface area contributed by atoms with E-state index in [9.17, 15) is 0 Å². The molecule has 0 radical (unpaired) electrons. The summed E-state index contributed by atoms with van der Waals surface area (Å²) in [6.07, 6.45) is 3.40. The van der Waals surface area contributed by atoms with Crippen molar-refractivity contribution in [1.29, 1.82) is 0 Å². The van der Waals surface area contributed by atoms with Crippen molar-refractivity contribution in [2.24, 2.45) is 0 Å². The van der Waals surface area contributed by atoms with Gasteiger partial charge in [0, 0.05) is 18.0 Å². The van der Waals surface area contributed by atoms with Crippen LogP contribution in [-0.2, 0) is 5.75 Å². The summed E-state index contributed by atoms with van der Waals surface area (Å²) in [4.78, 5) is 8.25. The molecule has 2 aromatic heterocycles. The van der Waals surface area contributed by atoms with E-state index in [-0.39, 0.29) is 0 Å². The molecule has 1 aromatic carbocycles. The third kappa shape index (κ3) is 3.38. The predicted molar refractivity (Wildman–Crippen MR) is 77.9 cm³/mol. The maximum absolute atomic E-state index is 5.63. The lowest BCUT2D eigenvalue weighted by molar-refractivity contribution is 0.415. The van der Waals surface area contributed by atoms with Crippen LogP contribution in [0.3, 0.4) is 0 Å². The molecule has 106 valence electrons. The molecule has 21 heavy (non-hydrogen) atoms. The van der Waals surface area contributed by atoms with Gasteiger partial charge < -0.3 is 9.15 Å². The minimum atomic E-state index is 0.488. The zero-order valence-electron chi connectivity index (χ0n) is 11.3. The number of nitrogens with zero attached hydrogens (tertiary/aromatic N) is 4. The second kappa shape index (κ2) is 6.36. The second-order valence-electron chi connectivity index (χ2n) is 4.05. The van der Waals surface area contributed by atoms with Crippen molar-refractivity contribution in [2.75, 3.05) is 7.11 Å². The highest BCUT2D eigenvalue weighted by molar-refractivity contribution is 7.98. The zero-order valence-corrected chi connectivity index (χ0v) is 12.1. The number of ether oxygens (including phenoxy) is 1. The minimum Gasteiger partial charge on any atom is -0.497 e. The molecule has 0 atom stereocenters. The molecule has 0 fully saturated rings. The Hall–Kier alpha value is -2.41. The summed E-state index contributed by atoms with van der Waals surface area (Å²) in [5.41, 5.74) is 0.857. The molecule has 0 aliphatic rings. The molecule has 0 saturated heterocycles. The summed E-state index contributed by atoms with van der Waals surface area (Å²) in [5, 5.41) is 8.75. The van der Waals surface area contributed by atoms with E-state index in [0.29, 0.717) is 22.7 Å². The number of hydrogen-bond acceptors (Lipinski definition) is 7. The molecule has 0 spiro atoms. The number of thioether (sulfide) groups is 1. The summed E-state index contributed by atoms with van der Waals surface area (Å²) in [5.74, 6) is 2.35. The van der Waals surface area contributed by atoms with Crippen LogP contribution >= 0.6 is 11.8 Å². The SMILES string of the molecule is COc1ccc(-c2nnc(CSc3ncccn3)o2)cc1. The standard InChI is InChI=1S/C14H12N4O2S/c1-19-11-5-3-10(4-6-11)13-18-17-12(20-13)9-21-14-15-7-2-8-16-14/h2-8H,9H2,1H3. The number of aromatic nitrogens is 4. The first-order valence-electron chi connectivity index (χ1n) is 6.22. The molecule has 3 aromatic rings. The average molecular weight is 300 g/mol. The topological polar surface area (TPSA) is 73.9 Å². The Kier molecular flexibility index (Phi) is 4.11. The summed E-state index contributed by atoms with van der Waals surface area (Å²) in [6, 6.07) is 9.24. The third-order valence-corrected chi connectivity index (χ3v) is 3.53. The summed E-state index contributed by atoms with van der Waals surface area (Å²) >= 11 is 1.45. The van der Waals surface area contributed by atoms with Crippen LogP contribution in [0.15, 0.2) is 52.3 Å². The normalized spacial score (nSPS) is 10.5. The van der Waals surface area contributed by atoms with Crippen LogP contribution < -0.4 is 4.74 Å². The molecular weight excluding hydrogens is 288 g/mol. The maximum atomic E-state index is 5.63. The van der Waals surface area contributed by atoms with Crippen molar-refractivity contribution < 1.29 is 9.15 Å². The molecule has 0 bridgehead atoms. The van der Waals surface area contributed by atoms with E-state index in [0.717, 1.165) is 11.3 Å². The largest absolute Gasteiger partial charge is 0.497 e. The highest BCUT2D eigenvalue weighted by Crippen LogP contribution is 2.23. The highest BCUT2D eigenvalue weighted by atomic mass is 32.2. The number of methoxy groups -OCH3 is 1. The predicted octanol–water partition coefficient (Wildman–Crippen LogP) is 2.83. The van der Waals surface area contributed by atoms with Gasteiger partial charge in [0.2, 0.25) is 11.8 Å². The van der Waals surface area contributed by atoms with E-state index in [1.54, 1.807) is 25.6 Å². The van der Waals surface area contributed by atoms with Crippen molar-refractivity contribution in [3.63, 3.8) is 0 Å². The molecule has 0 N–H and O–H groups in total. The van der Waals surface area contributed by atoms with Crippen LogP contribution in [0, 0.1) is 0 Å². The first-order valence-corrected chi connectivity index (χ1v) is 7.20.